The highest BCUT2D eigenvalue weighted by molar-refractivity contribution is 7.98. The predicted molar refractivity (Wildman–Crippen MR) is 526 cm³/mol. The number of nitrogens with zero attached hydrogens (tertiary/aromatic N) is 4. The van der Waals surface area contributed by atoms with Crippen LogP contribution in [-0.4, -0.2) is 328 Å². The largest absolute Gasteiger partial charge is 0.481 e. The summed E-state index contributed by atoms with van der Waals surface area (Å²) in [5.74, 6) is -20.4. The molecule has 15 amide bonds. The van der Waals surface area contributed by atoms with E-state index in [-0.39, 0.29) is 133 Å². The lowest BCUT2D eigenvalue weighted by Crippen LogP contribution is -2.61. The van der Waals surface area contributed by atoms with Crippen LogP contribution in [0.1, 0.15) is 105 Å². The van der Waals surface area contributed by atoms with Crippen LogP contribution in [0.4, 0.5) is 0 Å². The van der Waals surface area contributed by atoms with E-state index in [9.17, 15) is 87.2 Å². The number of carbonyl (C=O) groups is 18. The number of carbonyl (C=O) groups excluding carboxylic acids is 15. The van der Waals surface area contributed by atoms with Gasteiger partial charge >= 0.3 is 17.9 Å². The lowest BCUT2D eigenvalue weighted by atomic mass is 10.0. The van der Waals surface area contributed by atoms with Gasteiger partial charge in [-0.05, 0) is 105 Å². The summed E-state index contributed by atoms with van der Waals surface area (Å²) in [6.07, 6.45) is 5.66. The van der Waals surface area contributed by atoms with E-state index in [0.717, 1.165) is 0 Å². The minimum absolute atomic E-state index is 0.00471. The van der Waals surface area contributed by atoms with E-state index in [1.807, 2.05) is 0 Å². The Hall–Kier alpha value is -13.2. The third-order valence-electron chi connectivity index (χ3n) is 22.5. The molecule has 140 heavy (non-hydrogen) atoms. The van der Waals surface area contributed by atoms with Crippen molar-refractivity contribution in [2.75, 3.05) is 67.5 Å². The number of hydrogen-bond acceptors (Lipinski definition) is 28. The van der Waals surface area contributed by atoms with Crippen molar-refractivity contribution in [3.8, 4) is 0 Å². The van der Waals surface area contributed by atoms with Crippen molar-refractivity contribution in [3.63, 3.8) is 0 Å². The summed E-state index contributed by atoms with van der Waals surface area (Å²) in [6, 6.07) is 1.13. The second-order valence-electron chi connectivity index (χ2n) is 33.0. The number of amides is 15. The number of carboxylic acid groups (broad SMARTS) is 3. The Morgan fingerprint density at radius 2 is 0.700 bits per heavy atom. The number of nitrogens with two attached hydrogens (primary N) is 3. The van der Waals surface area contributed by atoms with Gasteiger partial charge < -0.3 is 132 Å². The quantitative estimate of drug-likeness (QED) is 0.00751. The van der Waals surface area contributed by atoms with E-state index < -0.39 is 239 Å². The van der Waals surface area contributed by atoms with Gasteiger partial charge in [-0.1, -0.05) is 91.0 Å². The Bertz CT molecular complexity index is 5030. The van der Waals surface area contributed by atoms with E-state index in [1.165, 1.54) is 58.4 Å². The molecular formula is C88H124N26O21S5. The van der Waals surface area contributed by atoms with Crippen LogP contribution in [0.25, 0.3) is 0 Å². The lowest BCUT2D eigenvalue weighted by Gasteiger charge is -2.31. The van der Waals surface area contributed by atoms with E-state index >= 15 is 14.4 Å². The second-order valence-corrected chi connectivity index (χ2v) is 36.1. The molecule has 3 aromatic carbocycles. The summed E-state index contributed by atoms with van der Waals surface area (Å²) >= 11 is 14.9. The number of carboxylic acids is 3. The van der Waals surface area contributed by atoms with Crippen LogP contribution in [0.3, 0.4) is 0 Å². The predicted octanol–water partition coefficient (Wildman–Crippen LogP) is -4.89. The lowest BCUT2D eigenvalue weighted by molar-refractivity contribution is -0.143. The Morgan fingerprint density at radius 3 is 1.03 bits per heavy atom. The van der Waals surface area contributed by atoms with E-state index in [2.05, 4.69) is 138 Å². The number of hydrogen-bond donors (Lipinski definition) is 28. The van der Waals surface area contributed by atoms with Crippen LogP contribution in [0.15, 0.2) is 116 Å². The highest BCUT2D eigenvalue weighted by Gasteiger charge is 2.45. The number of thiol groups is 3. The Morgan fingerprint density at radius 1 is 0.400 bits per heavy atom. The Labute approximate surface area is 831 Å². The summed E-state index contributed by atoms with van der Waals surface area (Å²) in [4.78, 5) is 271. The fraction of sp³-hybridized carbons (Fsp3) is 0.500. The molecule has 52 heteroatoms. The maximum Gasteiger partial charge on any atom is 0.327 e. The van der Waals surface area contributed by atoms with Crippen molar-refractivity contribution in [3.05, 3.63) is 144 Å². The molecule has 762 valence electrons. The van der Waals surface area contributed by atoms with Crippen molar-refractivity contribution < 1.29 is 102 Å². The molecule has 5 aromatic rings. The third-order valence-corrected chi connectivity index (χ3v) is 24.9. The fourth-order valence-corrected chi connectivity index (χ4v) is 16.8. The Balaban J connectivity index is 1.09. The highest BCUT2D eigenvalue weighted by atomic mass is 32.2. The van der Waals surface area contributed by atoms with Crippen LogP contribution in [-0.2, 0) is 118 Å². The number of H-pyrrole nitrogens is 2. The number of likely N-dealkylation sites (tertiary alicyclic amines) is 2. The second kappa shape index (κ2) is 59.3. The van der Waals surface area contributed by atoms with Crippen molar-refractivity contribution in [1.82, 2.24) is 109 Å². The molecule has 7 rings (SSSR count). The highest BCUT2D eigenvalue weighted by Crippen LogP contribution is 2.24. The number of thioether (sulfide) groups is 2. The van der Waals surface area contributed by atoms with Gasteiger partial charge in [-0.15, -0.1) is 0 Å². The molecule has 2 aliphatic rings. The summed E-state index contributed by atoms with van der Waals surface area (Å²) < 4.78 is 0. The van der Waals surface area contributed by atoms with Gasteiger partial charge in [0.05, 0.1) is 31.5 Å². The summed E-state index contributed by atoms with van der Waals surface area (Å²) in [7, 11) is 0. The fourth-order valence-electron chi connectivity index (χ4n) is 15.2. The number of nitrogens with one attached hydrogen (secondary N) is 19. The maximum absolute atomic E-state index is 15.5. The monoisotopic (exact) mass is 2040 g/mol. The zero-order valence-electron chi connectivity index (χ0n) is 77.0. The molecule has 28 N–H and O–H groups in total. The minimum Gasteiger partial charge on any atom is -0.481 e. The number of aromatic amines is 2. The van der Waals surface area contributed by atoms with Crippen molar-refractivity contribution in [2.45, 2.75) is 206 Å². The number of aromatic nitrogens is 4. The average molecular weight is 2040 g/mol. The minimum atomic E-state index is -2.01. The molecule has 2 saturated heterocycles. The van der Waals surface area contributed by atoms with E-state index in [0.29, 0.717) is 34.5 Å². The number of guanidine groups is 2. The summed E-state index contributed by atoms with van der Waals surface area (Å²) in [6.45, 7) is 0.00411. The molecule has 4 heterocycles. The average Bonchev–Trinajstić information content (AvgIpc) is 1.64. The van der Waals surface area contributed by atoms with Gasteiger partial charge in [0.25, 0.3) is 0 Å². The number of benzene rings is 3. The number of aliphatic carboxylic acids is 3. The zero-order valence-corrected chi connectivity index (χ0v) is 81.3. The van der Waals surface area contributed by atoms with Crippen molar-refractivity contribution in [2.24, 2.45) is 17.2 Å². The van der Waals surface area contributed by atoms with E-state index in [4.69, 9.17) is 28.0 Å². The van der Waals surface area contributed by atoms with Gasteiger partial charge in [0, 0.05) is 99.3 Å². The molecule has 0 unspecified atom stereocenters. The van der Waals surface area contributed by atoms with Crippen LogP contribution < -0.4 is 97.0 Å². The van der Waals surface area contributed by atoms with Gasteiger partial charge in [-0.2, -0.15) is 61.4 Å². The molecule has 0 spiro atoms. The summed E-state index contributed by atoms with van der Waals surface area (Å²) in [5.41, 5.74) is 19.4. The van der Waals surface area contributed by atoms with Gasteiger partial charge in [0.2, 0.25) is 88.6 Å². The van der Waals surface area contributed by atoms with Crippen LogP contribution in [0.5, 0.6) is 0 Å². The Kier molecular flexibility index (Phi) is 48.2. The van der Waals surface area contributed by atoms with Crippen LogP contribution in [0.2, 0.25) is 0 Å². The molecule has 2 aromatic heterocycles. The first-order chi connectivity index (χ1) is 66.9. The molecule has 47 nitrogen and oxygen atoms in total. The van der Waals surface area contributed by atoms with Crippen LogP contribution >= 0.6 is 61.4 Å². The summed E-state index contributed by atoms with van der Waals surface area (Å²) in [5, 5.41) is 83.6. The molecule has 0 aliphatic carbocycles. The zero-order chi connectivity index (χ0) is 102. The van der Waals surface area contributed by atoms with Gasteiger partial charge in [-0.25, -0.2) is 14.8 Å². The smallest absolute Gasteiger partial charge is 0.327 e. The van der Waals surface area contributed by atoms with Crippen molar-refractivity contribution >= 4 is 180 Å². The molecule has 0 radical (unpaired) electrons. The van der Waals surface area contributed by atoms with Gasteiger partial charge in [-0.3, -0.25) is 92.3 Å². The number of rotatable bonds is 60. The molecule has 0 bridgehead atoms. The molecule has 2 aliphatic heterocycles. The van der Waals surface area contributed by atoms with Gasteiger partial charge in [0.1, 0.15) is 90.6 Å². The SMILES string of the molecule is CSCC[C@H](NC(=O)[C@H](CCCNC(=N)N)NC(=O)[C@H](Cc1cnc[nH]1)NC(=O)[C@@H]1CCCN1C(=O)[C@H](Cc1ccccc1)NC(=O)[C@H](Cc1ccccc1)NC(=O)[C@H](CS)NC(=O)[C@H](CC(=O)O)NC(=O)[C@H](CCSC)NC(=O)[C@H](CCCNC(=N)N)NC(=O)[C@H](Cc1cnc[nH]1)NC(=O)[C@@H]1CCCN1C(=O)[C@H](Cc1ccccc1)NC(=O)[C@@H](N)CS)C(=O)N[C@@H](CC(=O)O)C(=O)N[C@@H](CS)C(=O)O. The van der Waals surface area contributed by atoms with Crippen molar-refractivity contribution in [1.29, 1.82) is 10.8 Å². The van der Waals surface area contributed by atoms with Crippen LogP contribution in [0, 0.1) is 10.8 Å². The molecular weight excluding hydrogens is 1920 g/mol. The van der Waals surface area contributed by atoms with Gasteiger partial charge in [0.15, 0.2) is 11.9 Å². The third kappa shape index (κ3) is 37.8. The maximum atomic E-state index is 15.5. The topological polar surface area (TPSA) is 738 Å². The molecule has 0 saturated carbocycles. The first-order valence-corrected chi connectivity index (χ1v) is 49.6. The standard InChI is InChI=1S/C88H124N26O21S5/c1-139-32-26-56(102-72(120)54(22-12-28-96-87(90)91)100-77(125)59(37-51-41-94-46-98-51)107-82(130)67-24-14-30-113(67)84(132)63(109-71(119)53(89)43-136)35-49-18-8-4-9-19-49)74(122)105-61(39-69(115)116)79(127)111-65(44-137)81(129)104-58(34-48-16-6-3-7-17-48)76(124)110-64(36-50-20-10-5-11-21-50)85(133)114-31-15-25-68(114)83(131)108-60(38-52-42-95-47-99-52)78(126)101-55(23-13-29-97-88(92)93)73(121)103-57(27-33-140-2)75(123)106-62(40-70(117)118)80(128)112-66(45-138)86(134)135/h3-11,16-21,41-42,46-47,53-68,136-138H,12-15,22-40,43-45,89H2,1-2H3,(H,94,98)(H,95,99)(H,100,125)(H,101,126)(H,102,120)(H,103,121)(H,104,129)(H,105,122)(H,106,123)(H,107,130)(H,108,131)(H,109,119)(H,110,124)(H,111,127)(H,112,128)(H,115,116)(H,117,118)(H,134,135)(H4,90,91,96)(H4,92,93,97)/t53-,54-,55-,56-,57-,58-,59-,60-,61-,62-,63-,64-,65-,66-,67-,68-/m0/s1. The number of imidazole rings is 2. The normalized spacial score (nSPS) is 16.2. The molecule has 16 atom stereocenters. The first kappa shape index (κ1) is 114. The molecule has 2 fully saturated rings. The first-order valence-electron chi connectivity index (χ1n) is 44.9. The van der Waals surface area contributed by atoms with E-state index in [1.54, 1.807) is 104 Å².